The molecule has 0 bridgehead atoms. The van der Waals surface area contributed by atoms with E-state index < -0.39 is 0 Å². The highest BCUT2D eigenvalue weighted by Gasteiger charge is 2.36. The molecule has 3 rings (SSSR count). The topological polar surface area (TPSA) is 41.6 Å². The second-order valence-corrected chi connectivity index (χ2v) is 4.92. The molecule has 0 aromatic heterocycles. The molecule has 4 nitrogen and oxygen atoms in total. The van der Waals surface area contributed by atoms with Gasteiger partial charge in [0.05, 0.1) is 6.54 Å². The molecule has 1 amide bonds. The van der Waals surface area contributed by atoms with Crippen LogP contribution in [0.3, 0.4) is 0 Å². The Kier molecular flexibility index (Phi) is 3.19. The molecule has 0 radical (unpaired) electrons. The number of amides is 1. The minimum absolute atomic E-state index is 0.103. The van der Waals surface area contributed by atoms with Gasteiger partial charge in [0.15, 0.2) is 0 Å². The number of rotatable bonds is 2. The predicted octanol–water partition coefficient (Wildman–Crippen LogP) is 1.93. The van der Waals surface area contributed by atoms with Crippen molar-refractivity contribution in [1.29, 1.82) is 0 Å². The third-order valence-corrected chi connectivity index (χ3v) is 3.76. The fourth-order valence-corrected chi connectivity index (χ4v) is 2.74. The number of nitrogens with one attached hydrogen (secondary N) is 1. The van der Waals surface area contributed by atoms with Gasteiger partial charge in [-0.05, 0) is 31.5 Å². The monoisotopic (exact) mass is 246 g/mol. The molecule has 2 fully saturated rings. The number of piperidine rings is 1. The van der Waals surface area contributed by atoms with Crippen molar-refractivity contribution >= 4 is 6.09 Å². The standard InChI is InChI=1S/C14H18N2O2/c17-14-16(12-6-8-15-9-7-12)10-13(18-14)11-4-2-1-3-5-11/h1-5,12-13,15H,6-10H2/t13-/m1/s1. The number of carbonyl (C=O) groups excluding carboxylic acids is 1. The van der Waals surface area contributed by atoms with Gasteiger partial charge in [-0.25, -0.2) is 4.79 Å². The summed E-state index contributed by atoms with van der Waals surface area (Å²) < 4.78 is 5.48. The predicted molar refractivity (Wildman–Crippen MR) is 68.3 cm³/mol. The second-order valence-electron chi connectivity index (χ2n) is 4.92. The molecule has 1 aromatic rings. The molecular formula is C14H18N2O2. The number of nitrogens with zero attached hydrogens (tertiary/aromatic N) is 1. The molecule has 2 heterocycles. The van der Waals surface area contributed by atoms with Crippen molar-refractivity contribution in [2.45, 2.75) is 25.0 Å². The lowest BCUT2D eigenvalue weighted by Gasteiger charge is -2.29. The van der Waals surface area contributed by atoms with E-state index in [1.165, 1.54) is 0 Å². The Morgan fingerprint density at radius 1 is 1.17 bits per heavy atom. The van der Waals surface area contributed by atoms with Crippen LogP contribution in [0.2, 0.25) is 0 Å². The van der Waals surface area contributed by atoms with Crippen molar-refractivity contribution in [2.24, 2.45) is 0 Å². The van der Waals surface area contributed by atoms with Crippen LogP contribution in [-0.2, 0) is 4.74 Å². The number of hydrogen-bond donors (Lipinski definition) is 1. The number of cyclic esters (lactones) is 1. The first-order valence-corrected chi connectivity index (χ1v) is 6.57. The molecule has 2 aliphatic heterocycles. The molecule has 0 spiro atoms. The Morgan fingerprint density at radius 3 is 2.61 bits per heavy atom. The fraction of sp³-hybridized carbons (Fsp3) is 0.500. The highest BCUT2D eigenvalue weighted by molar-refractivity contribution is 5.70. The van der Waals surface area contributed by atoms with Gasteiger partial charge in [-0.15, -0.1) is 0 Å². The van der Waals surface area contributed by atoms with Crippen LogP contribution in [-0.4, -0.2) is 36.7 Å². The molecule has 96 valence electrons. The first kappa shape index (κ1) is 11.5. The van der Waals surface area contributed by atoms with Crippen LogP contribution in [0, 0.1) is 0 Å². The van der Waals surface area contributed by atoms with E-state index in [9.17, 15) is 4.79 Å². The van der Waals surface area contributed by atoms with Gasteiger partial charge >= 0.3 is 6.09 Å². The minimum Gasteiger partial charge on any atom is -0.439 e. The Balaban J connectivity index is 1.70. The zero-order valence-corrected chi connectivity index (χ0v) is 10.3. The third-order valence-electron chi connectivity index (χ3n) is 3.76. The Morgan fingerprint density at radius 2 is 1.89 bits per heavy atom. The summed E-state index contributed by atoms with van der Waals surface area (Å²) in [5.74, 6) is 0. The van der Waals surface area contributed by atoms with Gasteiger partial charge in [0, 0.05) is 6.04 Å². The van der Waals surface area contributed by atoms with E-state index in [4.69, 9.17) is 4.74 Å². The summed E-state index contributed by atoms with van der Waals surface area (Å²) in [6, 6.07) is 10.3. The summed E-state index contributed by atoms with van der Waals surface area (Å²) >= 11 is 0. The Hall–Kier alpha value is -1.55. The van der Waals surface area contributed by atoms with E-state index in [1.807, 2.05) is 35.2 Å². The number of benzene rings is 1. The van der Waals surface area contributed by atoms with E-state index in [2.05, 4.69) is 5.32 Å². The quantitative estimate of drug-likeness (QED) is 0.867. The molecule has 2 saturated heterocycles. The van der Waals surface area contributed by atoms with Crippen LogP contribution < -0.4 is 5.32 Å². The van der Waals surface area contributed by atoms with Crippen molar-refractivity contribution < 1.29 is 9.53 Å². The fourth-order valence-electron chi connectivity index (χ4n) is 2.74. The smallest absolute Gasteiger partial charge is 0.410 e. The zero-order valence-electron chi connectivity index (χ0n) is 10.3. The van der Waals surface area contributed by atoms with Crippen molar-refractivity contribution in [3.8, 4) is 0 Å². The minimum atomic E-state index is -0.157. The van der Waals surface area contributed by atoms with Gasteiger partial charge < -0.3 is 15.0 Å². The zero-order chi connectivity index (χ0) is 12.4. The van der Waals surface area contributed by atoms with E-state index in [0.717, 1.165) is 31.5 Å². The summed E-state index contributed by atoms with van der Waals surface area (Å²) in [4.78, 5) is 13.8. The molecule has 4 heteroatoms. The molecule has 0 saturated carbocycles. The van der Waals surface area contributed by atoms with Crippen LogP contribution in [0.15, 0.2) is 30.3 Å². The second kappa shape index (κ2) is 4.98. The Bertz CT molecular complexity index is 415. The molecule has 1 aromatic carbocycles. The van der Waals surface area contributed by atoms with Crippen molar-refractivity contribution in [3.63, 3.8) is 0 Å². The maximum atomic E-state index is 11.9. The van der Waals surface area contributed by atoms with Gasteiger partial charge in [-0.2, -0.15) is 0 Å². The average molecular weight is 246 g/mol. The molecule has 1 N–H and O–H groups in total. The van der Waals surface area contributed by atoms with Gasteiger partial charge in [-0.3, -0.25) is 0 Å². The van der Waals surface area contributed by atoms with Crippen molar-refractivity contribution in [1.82, 2.24) is 10.2 Å². The number of hydrogen-bond acceptors (Lipinski definition) is 3. The normalized spacial score (nSPS) is 25.2. The van der Waals surface area contributed by atoms with Crippen LogP contribution in [0.5, 0.6) is 0 Å². The first-order chi connectivity index (χ1) is 8.84. The summed E-state index contributed by atoms with van der Waals surface area (Å²) in [5, 5.41) is 3.32. The molecule has 0 aliphatic carbocycles. The van der Waals surface area contributed by atoms with E-state index in [-0.39, 0.29) is 12.2 Å². The van der Waals surface area contributed by atoms with Crippen LogP contribution in [0.4, 0.5) is 4.79 Å². The Labute approximate surface area is 107 Å². The molecule has 0 unspecified atom stereocenters. The van der Waals surface area contributed by atoms with Crippen molar-refractivity contribution in [3.05, 3.63) is 35.9 Å². The molecule has 1 atom stereocenters. The van der Waals surface area contributed by atoms with Gasteiger partial charge in [0.1, 0.15) is 6.10 Å². The van der Waals surface area contributed by atoms with Gasteiger partial charge in [0.2, 0.25) is 0 Å². The summed E-state index contributed by atoms with van der Waals surface area (Å²) in [6.45, 7) is 2.67. The van der Waals surface area contributed by atoms with E-state index in [1.54, 1.807) is 0 Å². The van der Waals surface area contributed by atoms with Crippen LogP contribution in [0.1, 0.15) is 24.5 Å². The average Bonchev–Trinajstić information content (AvgIpc) is 2.83. The van der Waals surface area contributed by atoms with Crippen LogP contribution >= 0.6 is 0 Å². The van der Waals surface area contributed by atoms with E-state index in [0.29, 0.717) is 12.6 Å². The first-order valence-electron chi connectivity index (χ1n) is 6.57. The van der Waals surface area contributed by atoms with E-state index >= 15 is 0 Å². The highest BCUT2D eigenvalue weighted by Crippen LogP contribution is 2.29. The lowest BCUT2D eigenvalue weighted by atomic mass is 10.0. The largest absolute Gasteiger partial charge is 0.439 e. The number of carbonyl (C=O) groups is 1. The highest BCUT2D eigenvalue weighted by atomic mass is 16.6. The summed E-state index contributed by atoms with van der Waals surface area (Å²) in [6.07, 6.45) is 1.79. The lowest BCUT2D eigenvalue weighted by Crippen LogP contribution is -2.43. The SMILES string of the molecule is O=C1O[C@@H](c2ccccc2)CN1C1CCNCC1. The number of ether oxygens (including phenoxy) is 1. The molecule has 2 aliphatic rings. The molecular weight excluding hydrogens is 228 g/mol. The molecule has 18 heavy (non-hydrogen) atoms. The van der Waals surface area contributed by atoms with Crippen molar-refractivity contribution in [2.75, 3.05) is 19.6 Å². The maximum Gasteiger partial charge on any atom is 0.410 e. The summed E-state index contributed by atoms with van der Waals surface area (Å²) in [5.41, 5.74) is 1.09. The summed E-state index contributed by atoms with van der Waals surface area (Å²) in [7, 11) is 0. The maximum absolute atomic E-state index is 11.9. The van der Waals surface area contributed by atoms with Gasteiger partial charge in [0.25, 0.3) is 0 Å². The van der Waals surface area contributed by atoms with Crippen LogP contribution in [0.25, 0.3) is 0 Å². The lowest BCUT2D eigenvalue weighted by molar-refractivity contribution is 0.124. The van der Waals surface area contributed by atoms with Gasteiger partial charge in [-0.1, -0.05) is 30.3 Å². The third kappa shape index (κ3) is 2.20.